The van der Waals surface area contributed by atoms with Gasteiger partial charge in [0.05, 0.1) is 6.61 Å². The van der Waals surface area contributed by atoms with Crippen molar-refractivity contribution in [3.05, 3.63) is 0 Å². The molecule has 0 aliphatic carbocycles. The van der Waals surface area contributed by atoms with Gasteiger partial charge in [0.1, 0.15) is 0 Å². The number of hydrogen-bond donors (Lipinski definition) is 1. The van der Waals surface area contributed by atoms with Gasteiger partial charge in [-0.3, -0.25) is 0 Å². The molecule has 5 heteroatoms. The van der Waals surface area contributed by atoms with Crippen molar-refractivity contribution in [1.29, 1.82) is 0 Å². The quantitative estimate of drug-likeness (QED) is 0.470. The van der Waals surface area contributed by atoms with E-state index in [1.165, 1.54) is 0 Å². The van der Waals surface area contributed by atoms with Gasteiger partial charge < -0.3 is 19.3 Å². The van der Waals surface area contributed by atoms with Crippen molar-refractivity contribution in [3.8, 4) is 0 Å². The lowest BCUT2D eigenvalue weighted by Gasteiger charge is -2.36. The molecule has 1 spiro atoms. The Bertz CT molecular complexity index is 169. The molecule has 2 rings (SSSR count). The maximum atomic E-state index is 10.2. The minimum absolute atomic E-state index is 0.356. The van der Waals surface area contributed by atoms with Crippen molar-refractivity contribution in [2.24, 2.45) is 0 Å². The van der Waals surface area contributed by atoms with Gasteiger partial charge in [-0.05, 0) is 0 Å². The second-order valence-corrected chi connectivity index (χ2v) is 2.21. The number of hydrogen-bond acceptors (Lipinski definition) is 5. The van der Waals surface area contributed by atoms with Crippen molar-refractivity contribution >= 4 is 6.16 Å². The highest BCUT2D eigenvalue weighted by molar-refractivity contribution is 5.65. The molecule has 2 aliphatic rings. The minimum Gasteiger partial charge on any atom is -0.382 e. The first kappa shape index (κ1) is 5.94. The van der Waals surface area contributed by atoms with Crippen LogP contribution in [-0.2, 0) is 14.2 Å². The number of carbonyl (C=O) groups excluding carboxylic acids is 1. The molecule has 0 aromatic heterocycles. The Hall–Kier alpha value is -0.810. The van der Waals surface area contributed by atoms with Gasteiger partial charge in [0.2, 0.25) is 0 Å². The van der Waals surface area contributed by atoms with Gasteiger partial charge in [0.25, 0.3) is 0 Å². The van der Waals surface area contributed by atoms with E-state index < -0.39 is 18.2 Å². The highest BCUT2D eigenvalue weighted by Gasteiger charge is 2.59. The van der Waals surface area contributed by atoms with Gasteiger partial charge in [-0.25, -0.2) is 4.79 Å². The first-order valence-corrected chi connectivity index (χ1v) is 2.97. The van der Waals surface area contributed by atoms with Crippen molar-refractivity contribution in [1.82, 2.24) is 0 Å². The van der Waals surface area contributed by atoms with Gasteiger partial charge in [0, 0.05) is 6.42 Å². The Morgan fingerprint density at radius 1 is 1.60 bits per heavy atom. The predicted octanol–water partition coefficient (Wildman–Crippen LogP) is -0.412. The van der Waals surface area contributed by atoms with E-state index in [1.807, 2.05) is 0 Å². The first-order chi connectivity index (χ1) is 4.73. The molecule has 2 aliphatic heterocycles. The lowest BCUT2D eigenvalue weighted by molar-refractivity contribution is -0.410. The number of carbonyl (C=O) groups is 1. The van der Waals surface area contributed by atoms with E-state index in [9.17, 15) is 4.79 Å². The molecule has 1 N–H and O–H groups in total. The molecular formula is C5H6O5. The monoisotopic (exact) mass is 146 g/mol. The topological polar surface area (TPSA) is 65.0 Å². The SMILES string of the molecule is O=C1OC2(OCC[C@@H]2O)O1. The molecule has 5 nitrogen and oxygen atoms in total. The lowest BCUT2D eigenvalue weighted by atomic mass is 10.2. The van der Waals surface area contributed by atoms with Crippen LogP contribution in [0, 0.1) is 0 Å². The van der Waals surface area contributed by atoms with Crippen LogP contribution in [0.2, 0.25) is 0 Å². The summed E-state index contributed by atoms with van der Waals surface area (Å²) in [6.45, 7) is 0.356. The highest BCUT2D eigenvalue weighted by atomic mass is 17.0. The fourth-order valence-corrected chi connectivity index (χ4v) is 1.02. The first-order valence-electron chi connectivity index (χ1n) is 2.97. The van der Waals surface area contributed by atoms with Gasteiger partial charge >= 0.3 is 12.1 Å². The Morgan fingerprint density at radius 2 is 2.30 bits per heavy atom. The van der Waals surface area contributed by atoms with E-state index in [2.05, 4.69) is 9.47 Å². The lowest BCUT2D eigenvalue weighted by Crippen LogP contribution is -2.56. The number of ether oxygens (including phenoxy) is 3. The van der Waals surface area contributed by atoms with Crippen molar-refractivity contribution in [3.63, 3.8) is 0 Å². The highest BCUT2D eigenvalue weighted by Crippen LogP contribution is 2.36. The molecule has 0 aromatic rings. The van der Waals surface area contributed by atoms with Crippen LogP contribution in [0.1, 0.15) is 6.42 Å². The molecule has 1 atom stereocenters. The smallest absolute Gasteiger partial charge is 0.382 e. The molecule has 2 saturated heterocycles. The van der Waals surface area contributed by atoms with Crippen molar-refractivity contribution in [2.75, 3.05) is 6.61 Å². The van der Waals surface area contributed by atoms with Gasteiger partial charge in [-0.2, -0.15) is 0 Å². The zero-order valence-corrected chi connectivity index (χ0v) is 5.07. The minimum atomic E-state index is -1.45. The summed E-state index contributed by atoms with van der Waals surface area (Å²) in [6.07, 6.45) is -1.20. The van der Waals surface area contributed by atoms with E-state index in [-0.39, 0.29) is 0 Å². The van der Waals surface area contributed by atoms with Crippen LogP contribution >= 0.6 is 0 Å². The van der Waals surface area contributed by atoms with Crippen LogP contribution in [0.15, 0.2) is 0 Å². The molecular weight excluding hydrogens is 140 g/mol. The third-order valence-electron chi connectivity index (χ3n) is 1.55. The fourth-order valence-electron chi connectivity index (χ4n) is 1.02. The van der Waals surface area contributed by atoms with E-state index in [4.69, 9.17) is 9.84 Å². The summed E-state index contributed by atoms with van der Waals surface area (Å²) in [5.41, 5.74) is 0. The average molecular weight is 146 g/mol. The summed E-state index contributed by atoms with van der Waals surface area (Å²) >= 11 is 0. The number of aliphatic hydroxyl groups is 1. The largest absolute Gasteiger partial charge is 0.518 e. The van der Waals surface area contributed by atoms with Crippen LogP contribution in [-0.4, -0.2) is 29.9 Å². The molecule has 0 radical (unpaired) electrons. The Labute approximate surface area is 56.5 Å². The number of rotatable bonds is 0. The van der Waals surface area contributed by atoms with Crippen LogP contribution in [0.5, 0.6) is 0 Å². The second-order valence-electron chi connectivity index (χ2n) is 2.21. The molecule has 56 valence electrons. The molecule has 10 heavy (non-hydrogen) atoms. The number of aliphatic hydroxyl groups excluding tert-OH is 1. The van der Waals surface area contributed by atoms with Gasteiger partial charge in [0.15, 0.2) is 6.10 Å². The van der Waals surface area contributed by atoms with Crippen LogP contribution in [0.4, 0.5) is 4.79 Å². The van der Waals surface area contributed by atoms with Crippen LogP contribution < -0.4 is 0 Å². The average Bonchev–Trinajstić information content (AvgIpc) is 2.12. The zero-order valence-electron chi connectivity index (χ0n) is 5.07. The molecule has 0 aromatic carbocycles. The molecule has 0 unspecified atom stereocenters. The predicted molar refractivity (Wildman–Crippen MR) is 26.9 cm³/mol. The summed E-state index contributed by atoms with van der Waals surface area (Å²) in [7, 11) is 0. The Kier molecular flexibility index (Phi) is 0.959. The molecule has 2 heterocycles. The normalized spacial score (nSPS) is 34.9. The molecule has 0 saturated carbocycles. The molecule has 2 fully saturated rings. The van der Waals surface area contributed by atoms with E-state index >= 15 is 0 Å². The molecule has 0 bridgehead atoms. The third-order valence-corrected chi connectivity index (χ3v) is 1.55. The summed E-state index contributed by atoms with van der Waals surface area (Å²) in [6, 6.07) is 0. The summed E-state index contributed by atoms with van der Waals surface area (Å²) in [4.78, 5) is 10.2. The molecule has 0 amide bonds. The van der Waals surface area contributed by atoms with Gasteiger partial charge in [-0.1, -0.05) is 0 Å². The maximum absolute atomic E-state index is 10.2. The standard InChI is InChI=1S/C5H6O5/c6-3-1-2-8-5(3)9-4(7)10-5/h3,6H,1-2H2/t3-/m0/s1. The zero-order chi connectivity index (χ0) is 7.19. The van der Waals surface area contributed by atoms with Crippen LogP contribution in [0.25, 0.3) is 0 Å². The summed E-state index contributed by atoms with van der Waals surface area (Å²) < 4.78 is 13.8. The maximum Gasteiger partial charge on any atom is 0.518 e. The van der Waals surface area contributed by atoms with Crippen molar-refractivity contribution in [2.45, 2.75) is 18.5 Å². The second kappa shape index (κ2) is 1.62. The van der Waals surface area contributed by atoms with Crippen LogP contribution in [0.3, 0.4) is 0 Å². The van der Waals surface area contributed by atoms with E-state index in [0.717, 1.165) is 0 Å². The Balaban J connectivity index is 2.09. The van der Waals surface area contributed by atoms with Crippen molar-refractivity contribution < 1.29 is 24.1 Å². The summed E-state index contributed by atoms with van der Waals surface area (Å²) in [5, 5.41) is 9.09. The third kappa shape index (κ3) is 0.559. The van der Waals surface area contributed by atoms with E-state index in [1.54, 1.807) is 0 Å². The Morgan fingerprint density at radius 3 is 2.70 bits per heavy atom. The summed E-state index contributed by atoms with van der Waals surface area (Å²) in [5.74, 6) is -1.45. The fraction of sp³-hybridized carbons (Fsp3) is 0.800. The van der Waals surface area contributed by atoms with Gasteiger partial charge in [-0.15, -0.1) is 0 Å². The van der Waals surface area contributed by atoms with E-state index in [0.29, 0.717) is 13.0 Å².